The molecule has 0 aliphatic rings. The number of hydrogen-bond acceptors (Lipinski definition) is 2. The molecule has 0 bridgehead atoms. The van der Waals surface area contributed by atoms with Crippen LogP contribution < -0.4 is 10.5 Å². The lowest BCUT2D eigenvalue weighted by molar-refractivity contribution is 0.330. The van der Waals surface area contributed by atoms with E-state index in [0.717, 1.165) is 5.75 Å². The van der Waals surface area contributed by atoms with Crippen molar-refractivity contribution in [3.63, 3.8) is 0 Å². The molecule has 2 heteroatoms. The zero-order valence-electron chi connectivity index (χ0n) is 9.86. The topological polar surface area (TPSA) is 35.2 Å². The molecule has 0 heterocycles. The molecule has 2 atom stereocenters. The van der Waals surface area contributed by atoms with Gasteiger partial charge in [-0.05, 0) is 36.9 Å². The largest absolute Gasteiger partial charge is 0.494 e. The summed E-state index contributed by atoms with van der Waals surface area (Å²) in [6, 6.07) is 8.21. The second-order valence-electron chi connectivity index (χ2n) is 3.97. The smallest absolute Gasteiger partial charge is 0.122 e. The highest BCUT2D eigenvalue weighted by atomic mass is 16.5. The van der Waals surface area contributed by atoms with Crippen molar-refractivity contribution in [2.24, 2.45) is 11.7 Å². The minimum absolute atomic E-state index is 0.442. The lowest BCUT2D eigenvalue weighted by Crippen LogP contribution is -2.17. The normalized spacial score (nSPS) is 14.7. The first kappa shape index (κ1) is 12.1. The summed E-state index contributed by atoms with van der Waals surface area (Å²) in [4.78, 5) is 0. The summed E-state index contributed by atoms with van der Waals surface area (Å²) in [6.07, 6.45) is 0. The van der Waals surface area contributed by atoms with Crippen LogP contribution in [0.3, 0.4) is 0 Å². The van der Waals surface area contributed by atoms with Gasteiger partial charge in [0.1, 0.15) is 5.75 Å². The van der Waals surface area contributed by atoms with Crippen molar-refractivity contribution >= 4 is 0 Å². The number of benzene rings is 1. The van der Waals surface area contributed by atoms with Gasteiger partial charge in [0, 0.05) is 0 Å². The lowest BCUT2D eigenvalue weighted by atomic mass is 9.88. The van der Waals surface area contributed by atoms with Crippen molar-refractivity contribution in [1.82, 2.24) is 0 Å². The Morgan fingerprint density at radius 1 is 1.27 bits per heavy atom. The highest BCUT2D eigenvalue weighted by molar-refractivity contribution is 5.36. The monoisotopic (exact) mass is 207 g/mol. The second-order valence-corrected chi connectivity index (χ2v) is 3.97. The van der Waals surface area contributed by atoms with Crippen LogP contribution >= 0.6 is 0 Å². The Bertz CT molecular complexity index is 298. The molecule has 0 aromatic heterocycles. The summed E-state index contributed by atoms with van der Waals surface area (Å²) in [5.74, 6) is 1.91. The predicted molar refractivity (Wildman–Crippen MR) is 64.2 cm³/mol. The first-order valence-electron chi connectivity index (χ1n) is 5.62. The Morgan fingerprint density at radius 2 is 1.93 bits per heavy atom. The summed E-state index contributed by atoms with van der Waals surface area (Å²) in [7, 11) is 0. The quantitative estimate of drug-likeness (QED) is 0.805. The van der Waals surface area contributed by atoms with E-state index in [1.807, 2.05) is 19.1 Å². The summed E-state index contributed by atoms with van der Waals surface area (Å²) < 4.78 is 5.61. The highest BCUT2D eigenvalue weighted by Gasteiger charge is 2.16. The molecule has 0 saturated heterocycles. The van der Waals surface area contributed by atoms with Crippen molar-refractivity contribution in [1.29, 1.82) is 0 Å². The molecule has 0 aliphatic heterocycles. The Hall–Kier alpha value is -1.02. The molecular formula is C13H21NO. The summed E-state index contributed by atoms with van der Waals surface area (Å²) in [5.41, 5.74) is 6.95. The fourth-order valence-corrected chi connectivity index (χ4v) is 1.65. The van der Waals surface area contributed by atoms with Gasteiger partial charge in [-0.3, -0.25) is 0 Å². The first-order chi connectivity index (χ1) is 7.20. The standard InChI is InChI=1S/C13H21NO/c1-4-15-13-8-6-5-7-12(13)11(3)10(2)9-14/h5-8,10-11H,4,9,14H2,1-3H3. The Kier molecular flexibility index (Phi) is 4.63. The van der Waals surface area contributed by atoms with Crippen molar-refractivity contribution < 1.29 is 4.74 Å². The molecule has 0 saturated carbocycles. The molecule has 1 aromatic rings. The Morgan fingerprint density at radius 3 is 2.53 bits per heavy atom. The first-order valence-corrected chi connectivity index (χ1v) is 5.62. The molecule has 1 rings (SSSR count). The highest BCUT2D eigenvalue weighted by Crippen LogP contribution is 2.31. The van der Waals surface area contributed by atoms with Crippen LogP contribution in [0.2, 0.25) is 0 Å². The van der Waals surface area contributed by atoms with Crippen molar-refractivity contribution in [2.75, 3.05) is 13.2 Å². The molecule has 0 radical (unpaired) electrons. The maximum atomic E-state index is 5.69. The average molecular weight is 207 g/mol. The van der Waals surface area contributed by atoms with Crippen LogP contribution in [-0.2, 0) is 0 Å². The third-order valence-electron chi connectivity index (χ3n) is 2.93. The van der Waals surface area contributed by atoms with E-state index < -0.39 is 0 Å². The van der Waals surface area contributed by atoms with Crippen LogP contribution in [0, 0.1) is 5.92 Å². The van der Waals surface area contributed by atoms with Gasteiger partial charge in [0.2, 0.25) is 0 Å². The molecule has 15 heavy (non-hydrogen) atoms. The average Bonchev–Trinajstić information content (AvgIpc) is 2.28. The van der Waals surface area contributed by atoms with Crippen LogP contribution in [0.25, 0.3) is 0 Å². The number of nitrogens with two attached hydrogens (primary N) is 1. The third kappa shape index (κ3) is 2.96. The zero-order valence-corrected chi connectivity index (χ0v) is 9.86. The molecule has 0 spiro atoms. The summed E-state index contributed by atoms with van der Waals surface area (Å²) in [5, 5.41) is 0. The maximum absolute atomic E-state index is 5.69. The summed E-state index contributed by atoms with van der Waals surface area (Å²) in [6.45, 7) is 7.80. The van der Waals surface area contributed by atoms with Gasteiger partial charge in [0.15, 0.2) is 0 Å². The molecule has 2 N–H and O–H groups in total. The van der Waals surface area contributed by atoms with Crippen molar-refractivity contribution in [3.8, 4) is 5.75 Å². The fraction of sp³-hybridized carbons (Fsp3) is 0.538. The van der Waals surface area contributed by atoms with Crippen molar-refractivity contribution in [3.05, 3.63) is 29.8 Å². The van der Waals surface area contributed by atoms with E-state index in [-0.39, 0.29) is 0 Å². The van der Waals surface area contributed by atoms with Gasteiger partial charge in [0.25, 0.3) is 0 Å². The van der Waals surface area contributed by atoms with Crippen LogP contribution in [0.15, 0.2) is 24.3 Å². The van der Waals surface area contributed by atoms with Gasteiger partial charge in [0.05, 0.1) is 6.61 Å². The van der Waals surface area contributed by atoms with E-state index in [2.05, 4.69) is 26.0 Å². The van der Waals surface area contributed by atoms with Crippen molar-refractivity contribution in [2.45, 2.75) is 26.7 Å². The minimum atomic E-state index is 0.442. The van der Waals surface area contributed by atoms with Crippen LogP contribution in [0.1, 0.15) is 32.3 Å². The van der Waals surface area contributed by atoms with E-state index in [0.29, 0.717) is 25.0 Å². The van der Waals surface area contributed by atoms with E-state index >= 15 is 0 Å². The SMILES string of the molecule is CCOc1ccccc1C(C)C(C)CN. The molecule has 84 valence electrons. The lowest BCUT2D eigenvalue weighted by Gasteiger charge is -2.21. The van der Waals surface area contributed by atoms with E-state index in [1.165, 1.54) is 5.56 Å². The molecule has 2 nitrogen and oxygen atoms in total. The van der Waals surface area contributed by atoms with E-state index in [4.69, 9.17) is 10.5 Å². The van der Waals surface area contributed by atoms with Crippen LogP contribution in [0.5, 0.6) is 5.75 Å². The number of para-hydroxylation sites is 1. The number of rotatable bonds is 5. The van der Waals surface area contributed by atoms with Gasteiger partial charge < -0.3 is 10.5 Å². The molecule has 2 unspecified atom stereocenters. The molecule has 0 fully saturated rings. The predicted octanol–water partition coefficient (Wildman–Crippen LogP) is 2.78. The van der Waals surface area contributed by atoms with Gasteiger partial charge in [-0.1, -0.05) is 32.0 Å². The molecule has 1 aromatic carbocycles. The zero-order chi connectivity index (χ0) is 11.3. The van der Waals surface area contributed by atoms with Gasteiger partial charge in [-0.25, -0.2) is 0 Å². The number of ether oxygens (including phenoxy) is 1. The van der Waals surface area contributed by atoms with Crippen LogP contribution in [-0.4, -0.2) is 13.2 Å². The molecular weight excluding hydrogens is 186 g/mol. The van der Waals surface area contributed by atoms with Gasteiger partial charge >= 0.3 is 0 Å². The maximum Gasteiger partial charge on any atom is 0.122 e. The molecule has 0 aliphatic carbocycles. The molecule has 0 amide bonds. The number of hydrogen-bond donors (Lipinski definition) is 1. The minimum Gasteiger partial charge on any atom is -0.494 e. The van der Waals surface area contributed by atoms with Crippen LogP contribution in [0.4, 0.5) is 0 Å². The Labute approximate surface area is 92.4 Å². The Balaban J connectivity index is 2.91. The van der Waals surface area contributed by atoms with Gasteiger partial charge in [-0.2, -0.15) is 0 Å². The fourth-order valence-electron chi connectivity index (χ4n) is 1.65. The second kappa shape index (κ2) is 5.76. The summed E-state index contributed by atoms with van der Waals surface area (Å²) >= 11 is 0. The third-order valence-corrected chi connectivity index (χ3v) is 2.93. The van der Waals surface area contributed by atoms with Gasteiger partial charge in [-0.15, -0.1) is 0 Å². The van der Waals surface area contributed by atoms with E-state index in [9.17, 15) is 0 Å². The van der Waals surface area contributed by atoms with E-state index in [1.54, 1.807) is 0 Å².